The van der Waals surface area contributed by atoms with Crippen LogP contribution in [0.15, 0.2) is 23.8 Å². The molecule has 136 valence electrons. The molecule has 0 aromatic heterocycles. The SMILES string of the molecule is C=C1CC2(CC)C(=O)CCC2C2CC=C3CC4(CCC3C12)OCCO4. The summed E-state index contributed by atoms with van der Waals surface area (Å²) >= 11 is 0. The number of carbonyl (C=O) groups excluding carboxylic acids is 1. The Kier molecular flexibility index (Phi) is 3.60. The fourth-order valence-corrected chi connectivity index (χ4v) is 7.18. The Balaban J connectivity index is 1.47. The molecule has 0 aromatic carbocycles. The van der Waals surface area contributed by atoms with Crippen molar-refractivity contribution in [3.63, 3.8) is 0 Å². The van der Waals surface area contributed by atoms with Crippen molar-refractivity contribution in [3.05, 3.63) is 23.8 Å². The fraction of sp³-hybridized carbons (Fsp3) is 0.773. The summed E-state index contributed by atoms with van der Waals surface area (Å²) in [6, 6.07) is 0. The summed E-state index contributed by atoms with van der Waals surface area (Å²) in [4.78, 5) is 12.7. The highest BCUT2D eigenvalue weighted by Gasteiger charge is 2.59. The third-order valence-electron chi connectivity index (χ3n) is 8.26. The number of allylic oxidation sites excluding steroid dienone is 2. The van der Waals surface area contributed by atoms with Crippen LogP contribution < -0.4 is 0 Å². The van der Waals surface area contributed by atoms with Crippen molar-refractivity contribution in [1.29, 1.82) is 0 Å². The van der Waals surface area contributed by atoms with Crippen molar-refractivity contribution in [2.45, 2.75) is 64.1 Å². The summed E-state index contributed by atoms with van der Waals surface area (Å²) in [5.41, 5.74) is 2.82. The van der Waals surface area contributed by atoms with Gasteiger partial charge in [0.2, 0.25) is 0 Å². The number of ketones is 1. The molecule has 0 amide bonds. The highest BCUT2D eigenvalue weighted by atomic mass is 16.7. The van der Waals surface area contributed by atoms with Gasteiger partial charge in [0.15, 0.2) is 5.79 Å². The van der Waals surface area contributed by atoms with E-state index in [0.29, 0.717) is 29.5 Å². The fourth-order valence-electron chi connectivity index (χ4n) is 7.18. The van der Waals surface area contributed by atoms with Gasteiger partial charge in [-0.05, 0) is 55.8 Å². The maximum absolute atomic E-state index is 12.7. The summed E-state index contributed by atoms with van der Waals surface area (Å²) < 4.78 is 12.0. The van der Waals surface area contributed by atoms with Gasteiger partial charge < -0.3 is 9.47 Å². The number of hydrogen-bond acceptors (Lipinski definition) is 3. The van der Waals surface area contributed by atoms with E-state index in [1.165, 1.54) is 5.57 Å². The molecule has 1 aliphatic heterocycles. The van der Waals surface area contributed by atoms with E-state index in [1.54, 1.807) is 5.57 Å². The number of rotatable bonds is 1. The van der Waals surface area contributed by atoms with E-state index < -0.39 is 0 Å². The zero-order chi connectivity index (χ0) is 17.2. The molecule has 25 heavy (non-hydrogen) atoms. The van der Waals surface area contributed by atoms with Gasteiger partial charge in [0, 0.05) is 24.7 Å². The summed E-state index contributed by atoms with van der Waals surface area (Å²) in [6.07, 6.45) is 10.5. The molecule has 1 saturated heterocycles. The molecule has 5 atom stereocenters. The molecule has 1 heterocycles. The number of Topliss-reactive ketones (excluding diaryl/α,β-unsaturated/α-hetero) is 1. The van der Waals surface area contributed by atoms with Crippen molar-refractivity contribution >= 4 is 5.78 Å². The first-order valence-electron chi connectivity index (χ1n) is 10.3. The van der Waals surface area contributed by atoms with Gasteiger partial charge >= 0.3 is 0 Å². The highest BCUT2D eigenvalue weighted by molar-refractivity contribution is 5.88. The van der Waals surface area contributed by atoms with Gasteiger partial charge in [-0.2, -0.15) is 0 Å². The second kappa shape index (κ2) is 5.53. The molecule has 5 aliphatic rings. The summed E-state index contributed by atoms with van der Waals surface area (Å²) in [6.45, 7) is 8.21. The molecule has 5 unspecified atom stereocenters. The minimum atomic E-state index is -0.332. The lowest BCUT2D eigenvalue weighted by molar-refractivity contribution is -0.174. The van der Waals surface area contributed by atoms with Crippen molar-refractivity contribution < 1.29 is 14.3 Å². The van der Waals surface area contributed by atoms with E-state index in [4.69, 9.17) is 9.47 Å². The second-order valence-electron chi connectivity index (χ2n) is 9.05. The molecular weight excluding hydrogens is 312 g/mol. The van der Waals surface area contributed by atoms with Crippen LogP contribution in [0, 0.1) is 29.1 Å². The van der Waals surface area contributed by atoms with Gasteiger partial charge in [0.25, 0.3) is 0 Å². The molecule has 1 spiro atoms. The van der Waals surface area contributed by atoms with Crippen LogP contribution in [0.5, 0.6) is 0 Å². The van der Waals surface area contributed by atoms with Crippen LogP contribution in [-0.4, -0.2) is 24.8 Å². The molecule has 4 fully saturated rings. The van der Waals surface area contributed by atoms with Crippen molar-refractivity contribution in [1.82, 2.24) is 0 Å². The van der Waals surface area contributed by atoms with Crippen molar-refractivity contribution in [2.24, 2.45) is 29.1 Å². The van der Waals surface area contributed by atoms with E-state index in [1.807, 2.05) is 0 Å². The first kappa shape index (κ1) is 16.3. The van der Waals surface area contributed by atoms with Crippen molar-refractivity contribution in [2.75, 3.05) is 13.2 Å². The Bertz CT molecular complexity index is 642. The smallest absolute Gasteiger partial charge is 0.172 e. The van der Waals surface area contributed by atoms with Gasteiger partial charge in [-0.25, -0.2) is 0 Å². The molecular formula is C22H30O3. The van der Waals surface area contributed by atoms with E-state index in [9.17, 15) is 4.79 Å². The lowest BCUT2D eigenvalue weighted by atomic mass is 9.50. The lowest BCUT2D eigenvalue weighted by Crippen LogP contribution is -2.49. The Morgan fingerprint density at radius 3 is 2.80 bits per heavy atom. The maximum Gasteiger partial charge on any atom is 0.172 e. The van der Waals surface area contributed by atoms with Crippen LogP contribution in [0.2, 0.25) is 0 Å². The van der Waals surface area contributed by atoms with E-state index >= 15 is 0 Å². The van der Waals surface area contributed by atoms with E-state index in [0.717, 1.165) is 64.6 Å². The number of hydrogen-bond donors (Lipinski definition) is 0. The normalized spacial score (nSPS) is 45.1. The molecule has 3 saturated carbocycles. The average molecular weight is 342 g/mol. The van der Waals surface area contributed by atoms with Crippen LogP contribution in [0.1, 0.15) is 58.3 Å². The predicted molar refractivity (Wildman–Crippen MR) is 95.9 cm³/mol. The Morgan fingerprint density at radius 2 is 2.04 bits per heavy atom. The molecule has 0 N–H and O–H groups in total. The number of fused-ring (bicyclic) bond motifs is 5. The molecule has 0 aromatic rings. The third kappa shape index (κ3) is 2.15. The van der Waals surface area contributed by atoms with E-state index in [2.05, 4.69) is 19.6 Å². The van der Waals surface area contributed by atoms with E-state index in [-0.39, 0.29) is 11.2 Å². The van der Waals surface area contributed by atoms with Crippen LogP contribution in [-0.2, 0) is 14.3 Å². The molecule has 3 heteroatoms. The standard InChI is InChI=1S/C22H30O3/c1-3-21-12-14(2)20-16-8-9-22(24-10-11-25-22)13-15(16)4-5-17(20)18(21)6-7-19(21)23/h4,16-18,20H,2-3,5-13H2,1H3. The van der Waals surface area contributed by atoms with Crippen molar-refractivity contribution in [3.8, 4) is 0 Å². The Morgan fingerprint density at radius 1 is 1.24 bits per heavy atom. The van der Waals surface area contributed by atoms with Gasteiger partial charge in [-0.1, -0.05) is 30.7 Å². The van der Waals surface area contributed by atoms with Gasteiger partial charge in [0.05, 0.1) is 13.2 Å². The first-order valence-corrected chi connectivity index (χ1v) is 10.3. The second-order valence-corrected chi connectivity index (χ2v) is 9.05. The highest BCUT2D eigenvalue weighted by Crippen LogP contribution is 2.63. The van der Waals surface area contributed by atoms with Gasteiger partial charge in [0.1, 0.15) is 5.78 Å². The summed E-state index contributed by atoms with van der Waals surface area (Å²) in [5, 5.41) is 0. The molecule has 0 radical (unpaired) electrons. The molecule has 0 bridgehead atoms. The summed E-state index contributed by atoms with van der Waals surface area (Å²) in [7, 11) is 0. The van der Waals surface area contributed by atoms with Gasteiger partial charge in [-0.15, -0.1) is 0 Å². The monoisotopic (exact) mass is 342 g/mol. The zero-order valence-corrected chi connectivity index (χ0v) is 15.4. The Labute approximate surface area is 150 Å². The average Bonchev–Trinajstić information content (AvgIpc) is 3.20. The maximum atomic E-state index is 12.7. The first-order chi connectivity index (χ1) is 12.1. The predicted octanol–water partition coefficient (Wildman–Crippen LogP) is 4.43. The summed E-state index contributed by atoms with van der Waals surface area (Å²) in [5.74, 6) is 2.57. The quantitative estimate of drug-likeness (QED) is 0.661. The van der Waals surface area contributed by atoms with Crippen LogP contribution >= 0.6 is 0 Å². The minimum absolute atomic E-state index is 0.0862. The van der Waals surface area contributed by atoms with Crippen LogP contribution in [0.25, 0.3) is 0 Å². The van der Waals surface area contributed by atoms with Crippen LogP contribution in [0.3, 0.4) is 0 Å². The topological polar surface area (TPSA) is 35.5 Å². The third-order valence-corrected chi connectivity index (χ3v) is 8.26. The number of carbonyl (C=O) groups is 1. The minimum Gasteiger partial charge on any atom is -0.347 e. The number of ether oxygens (including phenoxy) is 2. The van der Waals surface area contributed by atoms with Crippen LogP contribution in [0.4, 0.5) is 0 Å². The molecule has 4 aliphatic carbocycles. The zero-order valence-electron chi connectivity index (χ0n) is 15.4. The Hall–Kier alpha value is -0.930. The molecule has 5 rings (SSSR count). The largest absolute Gasteiger partial charge is 0.347 e. The lowest BCUT2D eigenvalue weighted by Gasteiger charge is -2.54. The molecule has 3 nitrogen and oxygen atoms in total. The van der Waals surface area contributed by atoms with Gasteiger partial charge in [-0.3, -0.25) is 4.79 Å².